The van der Waals surface area contributed by atoms with E-state index in [1.165, 1.54) is 0 Å². The number of hydrazone groups is 1. The van der Waals surface area contributed by atoms with Crippen molar-refractivity contribution in [2.45, 2.75) is 13.8 Å². The molecule has 1 N–H and O–H groups in total. The lowest BCUT2D eigenvalue weighted by atomic mass is 10.2. The lowest BCUT2D eigenvalue weighted by molar-refractivity contribution is 0.0954. The molecule has 1 aromatic heterocycles. The summed E-state index contributed by atoms with van der Waals surface area (Å²) in [5, 5.41) is 3.99. The minimum absolute atomic E-state index is 0.218. The Morgan fingerprint density at radius 3 is 2.35 bits per heavy atom. The van der Waals surface area contributed by atoms with E-state index in [1.54, 1.807) is 12.3 Å². The van der Waals surface area contributed by atoms with Crippen LogP contribution in [0.5, 0.6) is 0 Å². The number of hydrogen-bond acceptors (Lipinski definition) is 2. The molecule has 0 aliphatic heterocycles. The van der Waals surface area contributed by atoms with Gasteiger partial charge in [0.1, 0.15) is 0 Å². The monoisotopic (exact) mass is 343 g/mol. The van der Waals surface area contributed by atoms with Crippen LogP contribution in [0, 0.1) is 13.8 Å². The second kappa shape index (κ2) is 8.12. The molecule has 3 rings (SSSR count). The molecule has 0 radical (unpaired) electrons. The van der Waals surface area contributed by atoms with Gasteiger partial charge in [-0.2, -0.15) is 5.10 Å². The zero-order valence-corrected chi connectivity index (χ0v) is 14.9. The van der Waals surface area contributed by atoms with Gasteiger partial charge in [0.25, 0.3) is 5.91 Å². The van der Waals surface area contributed by atoms with E-state index in [2.05, 4.69) is 15.1 Å². The Balaban J connectivity index is 1.69. The number of para-hydroxylation sites is 1. The Morgan fingerprint density at radius 2 is 1.65 bits per heavy atom. The number of allylic oxidation sites excluding steroid dienone is 1. The number of rotatable bonds is 5. The molecule has 0 spiro atoms. The molecule has 4 nitrogen and oxygen atoms in total. The molecule has 4 heteroatoms. The van der Waals surface area contributed by atoms with E-state index >= 15 is 0 Å². The highest BCUT2D eigenvalue weighted by molar-refractivity contribution is 5.96. The third-order valence-corrected chi connectivity index (χ3v) is 4.11. The number of amides is 1. The van der Waals surface area contributed by atoms with Crippen molar-refractivity contribution in [3.8, 4) is 5.69 Å². The number of nitrogens with one attached hydrogen (secondary N) is 1. The van der Waals surface area contributed by atoms with Gasteiger partial charge in [0.05, 0.1) is 5.56 Å². The number of aryl methyl sites for hydroxylation is 1. The van der Waals surface area contributed by atoms with Gasteiger partial charge in [0.15, 0.2) is 0 Å². The molecule has 130 valence electrons. The zero-order chi connectivity index (χ0) is 18.4. The van der Waals surface area contributed by atoms with E-state index in [0.717, 1.165) is 22.6 Å². The lowest BCUT2D eigenvalue weighted by Gasteiger charge is -2.09. The van der Waals surface area contributed by atoms with Crippen molar-refractivity contribution >= 4 is 18.2 Å². The quantitative estimate of drug-likeness (QED) is 0.537. The number of carbonyl (C=O) groups excluding carboxylic acids is 1. The highest BCUT2D eigenvalue weighted by Gasteiger charge is 2.15. The second-order valence-electron chi connectivity index (χ2n) is 5.94. The fourth-order valence-electron chi connectivity index (χ4n) is 2.88. The van der Waals surface area contributed by atoms with Crippen molar-refractivity contribution in [2.24, 2.45) is 5.10 Å². The van der Waals surface area contributed by atoms with Crippen LogP contribution in [0.2, 0.25) is 0 Å². The summed E-state index contributed by atoms with van der Waals surface area (Å²) in [4.78, 5) is 12.4. The minimum Gasteiger partial charge on any atom is -0.318 e. The molecule has 0 aliphatic rings. The first-order valence-corrected chi connectivity index (χ1v) is 8.46. The van der Waals surface area contributed by atoms with Gasteiger partial charge in [0, 0.05) is 23.3 Å². The fraction of sp³-hybridized carbons (Fsp3) is 0.0909. The van der Waals surface area contributed by atoms with Gasteiger partial charge in [-0.05, 0) is 43.7 Å². The molecule has 0 atom stereocenters. The van der Waals surface area contributed by atoms with Crippen molar-refractivity contribution in [2.75, 3.05) is 0 Å². The summed E-state index contributed by atoms with van der Waals surface area (Å²) >= 11 is 0. The van der Waals surface area contributed by atoms with E-state index in [9.17, 15) is 4.79 Å². The third-order valence-electron chi connectivity index (χ3n) is 4.11. The number of hydrogen-bond donors (Lipinski definition) is 1. The normalized spacial score (nSPS) is 11.3. The van der Waals surface area contributed by atoms with Crippen molar-refractivity contribution in [1.29, 1.82) is 0 Å². The summed E-state index contributed by atoms with van der Waals surface area (Å²) in [6, 6.07) is 21.8. The maximum Gasteiger partial charge on any atom is 0.273 e. The first-order chi connectivity index (χ1) is 12.7. The molecule has 2 aromatic carbocycles. The van der Waals surface area contributed by atoms with Gasteiger partial charge in [-0.1, -0.05) is 54.6 Å². The van der Waals surface area contributed by atoms with Gasteiger partial charge < -0.3 is 4.57 Å². The van der Waals surface area contributed by atoms with Gasteiger partial charge >= 0.3 is 0 Å². The van der Waals surface area contributed by atoms with Crippen LogP contribution < -0.4 is 5.43 Å². The summed E-state index contributed by atoms with van der Waals surface area (Å²) in [7, 11) is 0. The molecule has 26 heavy (non-hydrogen) atoms. The van der Waals surface area contributed by atoms with E-state index < -0.39 is 0 Å². The molecule has 0 saturated heterocycles. The Labute approximate surface area is 153 Å². The highest BCUT2D eigenvalue weighted by atomic mass is 16.2. The number of nitrogens with zero attached hydrogens (tertiary/aromatic N) is 2. The molecular formula is C22H21N3O. The lowest BCUT2D eigenvalue weighted by Crippen LogP contribution is -2.18. The standard InChI is InChI=1S/C22H21N3O/c1-17-16-21(18(2)25(17)20-13-7-4-8-14-20)22(26)24-23-15-9-12-19-10-5-3-6-11-19/h3-16H,1-2H3,(H,24,26)/b12-9+,23-15-. The second-order valence-corrected chi connectivity index (χ2v) is 5.94. The van der Waals surface area contributed by atoms with Crippen molar-refractivity contribution in [1.82, 2.24) is 9.99 Å². The molecular weight excluding hydrogens is 322 g/mol. The Bertz CT molecular complexity index is 938. The Morgan fingerprint density at radius 1 is 1.00 bits per heavy atom. The zero-order valence-electron chi connectivity index (χ0n) is 14.9. The first-order valence-electron chi connectivity index (χ1n) is 8.46. The summed E-state index contributed by atoms with van der Waals surface area (Å²) in [5.74, 6) is -0.218. The molecule has 1 amide bonds. The van der Waals surface area contributed by atoms with Crippen LogP contribution >= 0.6 is 0 Å². The number of carbonyl (C=O) groups is 1. The van der Waals surface area contributed by atoms with Crippen LogP contribution in [0.25, 0.3) is 11.8 Å². The van der Waals surface area contributed by atoms with E-state index in [4.69, 9.17) is 0 Å². The Kier molecular flexibility index (Phi) is 5.44. The van der Waals surface area contributed by atoms with Gasteiger partial charge in [-0.15, -0.1) is 0 Å². The highest BCUT2D eigenvalue weighted by Crippen LogP contribution is 2.20. The van der Waals surface area contributed by atoms with E-state index in [0.29, 0.717) is 5.56 Å². The van der Waals surface area contributed by atoms with Crippen molar-refractivity contribution in [3.63, 3.8) is 0 Å². The van der Waals surface area contributed by atoms with Gasteiger partial charge in [0.2, 0.25) is 0 Å². The third kappa shape index (κ3) is 3.98. The van der Waals surface area contributed by atoms with Gasteiger partial charge in [-0.3, -0.25) is 4.79 Å². The summed E-state index contributed by atoms with van der Waals surface area (Å²) in [5.41, 5.74) is 7.22. The maximum absolute atomic E-state index is 12.4. The predicted molar refractivity (Wildman–Crippen MR) is 107 cm³/mol. The van der Waals surface area contributed by atoms with Crippen LogP contribution in [-0.4, -0.2) is 16.7 Å². The molecule has 0 aliphatic carbocycles. The number of benzene rings is 2. The number of aromatic nitrogens is 1. The van der Waals surface area contributed by atoms with Crippen LogP contribution in [0.4, 0.5) is 0 Å². The van der Waals surface area contributed by atoms with Crippen molar-refractivity contribution in [3.05, 3.63) is 95.3 Å². The molecule has 0 saturated carbocycles. The van der Waals surface area contributed by atoms with Crippen LogP contribution in [0.3, 0.4) is 0 Å². The summed E-state index contributed by atoms with van der Waals surface area (Å²) in [6.45, 7) is 3.93. The SMILES string of the molecule is Cc1cc(C(=O)N/N=C\C=C\c2ccccc2)c(C)n1-c1ccccc1. The smallest absolute Gasteiger partial charge is 0.273 e. The topological polar surface area (TPSA) is 46.4 Å². The summed E-state index contributed by atoms with van der Waals surface area (Å²) < 4.78 is 2.06. The minimum atomic E-state index is -0.218. The molecule has 0 bridgehead atoms. The first kappa shape index (κ1) is 17.4. The average molecular weight is 343 g/mol. The molecule has 1 heterocycles. The largest absolute Gasteiger partial charge is 0.318 e. The van der Waals surface area contributed by atoms with Crippen LogP contribution in [0.15, 0.2) is 77.9 Å². The summed E-state index contributed by atoms with van der Waals surface area (Å²) in [6.07, 6.45) is 5.29. The van der Waals surface area contributed by atoms with E-state index in [-0.39, 0.29) is 5.91 Å². The predicted octanol–water partition coefficient (Wildman–Crippen LogP) is 4.52. The molecule has 3 aromatic rings. The van der Waals surface area contributed by atoms with Gasteiger partial charge in [-0.25, -0.2) is 5.43 Å². The molecule has 0 fully saturated rings. The fourth-order valence-corrected chi connectivity index (χ4v) is 2.88. The van der Waals surface area contributed by atoms with Crippen LogP contribution in [0.1, 0.15) is 27.3 Å². The van der Waals surface area contributed by atoms with E-state index in [1.807, 2.05) is 86.7 Å². The van der Waals surface area contributed by atoms with Crippen LogP contribution in [-0.2, 0) is 0 Å². The maximum atomic E-state index is 12.4. The Hall–Kier alpha value is -3.40. The van der Waals surface area contributed by atoms with Crippen molar-refractivity contribution < 1.29 is 4.79 Å². The average Bonchev–Trinajstić information content (AvgIpc) is 2.97. The molecule has 0 unspecified atom stereocenters.